The molecule has 0 radical (unpaired) electrons. The zero-order valence-corrected chi connectivity index (χ0v) is 9.00. The Labute approximate surface area is 94.2 Å². The van der Waals surface area contributed by atoms with E-state index in [1.54, 1.807) is 17.3 Å². The highest BCUT2D eigenvalue weighted by molar-refractivity contribution is 5.68. The number of ether oxygens (including phenoxy) is 1. The summed E-state index contributed by atoms with van der Waals surface area (Å²) in [6, 6.07) is 3.78. The average Bonchev–Trinajstić information content (AvgIpc) is 2.33. The van der Waals surface area contributed by atoms with Crippen molar-refractivity contribution in [2.24, 2.45) is 11.7 Å². The fraction of sp³-hybridized carbons (Fsp3) is 0.455. The molecule has 16 heavy (non-hydrogen) atoms. The number of hydrogen-bond acceptors (Lipinski definition) is 4. The van der Waals surface area contributed by atoms with E-state index in [1.165, 1.54) is 0 Å². The lowest BCUT2D eigenvalue weighted by Gasteiger charge is -2.31. The van der Waals surface area contributed by atoms with E-state index in [0.717, 1.165) is 5.56 Å². The zero-order valence-electron chi connectivity index (χ0n) is 9.00. The zero-order chi connectivity index (χ0) is 11.4. The summed E-state index contributed by atoms with van der Waals surface area (Å²) in [5.74, 6) is 0.236. The minimum absolute atomic E-state index is 0.236. The molecule has 1 aliphatic heterocycles. The molecule has 2 N–H and O–H groups in total. The Hall–Kier alpha value is -1.62. The lowest BCUT2D eigenvalue weighted by Crippen LogP contribution is -2.44. The molecule has 1 unspecified atom stereocenters. The van der Waals surface area contributed by atoms with Crippen LogP contribution in [0.4, 0.5) is 4.79 Å². The summed E-state index contributed by atoms with van der Waals surface area (Å²) < 4.78 is 5.06. The molecule has 86 valence electrons. The van der Waals surface area contributed by atoms with Gasteiger partial charge in [0.25, 0.3) is 0 Å². The molecule has 1 atom stereocenters. The van der Waals surface area contributed by atoms with Gasteiger partial charge in [-0.25, -0.2) is 4.79 Å². The van der Waals surface area contributed by atoms with Crippen LogP contribution in [0.1, 0.15) is 5.56 Å². The van der Waals surface area contributed by atoms with Gasteiger partial charge in [0.05, 0.1) is 6.61 Å². The number of pyridine rings is 1. The lowest BCUT2D eigenvalue weighted by molar-refractivity contribution is 0.0425. The number of cyclic esters (lactones) is 1. The Morgan fingerprint density at radius 2 is 2.25 bits per heavy atom. The number of carbonyl (C=O) groups is 1. The van der Waals surface area contributed by atoms with Gasteiger partial charge in [-0.15, -0.1) is 0 Å². The fourth-order valence-corrected chi connectivity index (χ4v) is 1.70. The molecule has 1 aromatic rings. The SMILES string of the molecule is NCC1COC(=O)N(Cc2ccncc2)C1. The second-order valence-corrected chi connectivity index (χ2v) is 3.91. The second-order valence-electron chi connectivity index (χ2n) is 3.91. The number of hydrogen-bond donors (Lipinski definition) is 1. The molecular formula is C11H15N3O2. The number of amides is 1. The minimum atomic E-state index is -0.262. The number of rotatable bonds is 3. The molecule has 0 aliphatic carbocycles. The van der Waals surface area contributed by atoms with Gasteiger partial charge < -0.3 is 15.4 Å². The van der Waals surface area contributed by atoms with Gasteiger partial charge in [-0.2, -0.15) is 0 Å². The van der Waals surface area contributed by atoms with E-state index in [9.17, 15) is 4.79 Å². The second kappa shape index (κ2) is 4.94. The Bertz CT molecular complexity index is 356. The predicted molar refractivity (Wildman–Crippen MR) is 58.5 cm³/mol. The molecule has 5 nitrogen and oxygen atoms in total. The molecule has 1 aromatic heterocycles. The van der Waals surface area contributed by atoms with Crippen molar-refractivity contribution in [3.05, 3.63) is 30.1 Å². The third-order valence-corrected chi connectivity index (χ3v) is 2.64. The summed E-state index contributed by atoms with van der Waals surface area (Å²) in [6.45, 7) is 2.19. The Morgan fingerprint density at radius 3 is 2.94 bits per heavy atom. The van der Waals surface area contributed by atoms with Crippen molar-refractivity contribution in [3.8, 4) is 0 Å². The van der Waals surface area contributed by atoms with E-state index in [0.29, 0.717) is 26.2 Å². The van der Waals surface area contributed by atoms with Crippen LogP contribution in [-0.2, 0) is 11.3 Å². The van der Waals surface area contributed by atoms with Crippen LogP contribution >= 0.6 is 0 Å². The van der Waals surface area contributed by atoms with Gasteiger partial charge in [-0.1, -0.05) is 0 Å². The van der Waals surface area contributed by atoms with Gasteiger partial charge in [-0.05, 0) is 17.7 Å². The maximum atomic E-state index is 11.5. The first-order valence-corrected chi connectivity index (χ1v) is 5.30. The molecule has 1 saturated heterocycles. The van der Waals surface area contributed by atoms with E-state index in [-0.39, 0.29) is 12.0 Å². The molecular weight excluding hydrogens is 206 g/mol. The predicted octanol–water partition coefficient (Wildman–Crippen LogP) is 0.609. The van der Waals surface area contributed by atoms with Crippen LogP contribution in [0.15, 0.2) is 24.5 Å². The Kier molecular flexibility index (Phi) is 3.36. The molecule has 0 bridgehead atoms. The molecule has 2 heterocycles. The minimum Gasteiger partial charge on any atom is -0.449 e. The maximum Gasteiger partial charge on any atom is 0.410 e. The highest BCUT2D eigenvalue weighted by atomic mass is 16.6. The third kappa shape index (κ3) is 2.49. The number of nitrogens with two attached hydrogens (primary N) is 1. The van der Waals surface area contributed by atoms with Gasteiger partial charge in [0, 0.05) is 37.9 Å². The largest absolute Gasteiger partial charge is 0.449 e. The van der Waals surface area contributed by atoms with Crippen LogP contribution in [0, 0.1) is 5.92 Å². The smallest absolute Gasteiger partial charge is 0.410 e. The van der Waals surface area contributed by atoms with Crippen molar-refractivity contribution in [1.82, 2.24) is 9.88 Å². The van der Waals surface area contributed by atoms with Crippen molar-refractivity contribution in [3.63, 3.8) is 0 Å². The van der Waals surface area contributed by atoms with E-state index in [4.69, 9.17) is 10.5 Å². The van der Waals surface area contributed by atoms with Crippen molar-refractivity contribution < 1.29 is 9.53 Å². The first kappa shape index (κ1) is 10.9. The van der Waals surface area contributed by atoms with Gasteiger partial charge in [0.2, 0.25) is 0 Å². The highest BCUT2D eigenvalue weighted by Gasteiger charge is 2.26. The lowest BCUT2D eigenvalue weighted by atomic mass is 10.1. The summed E-state index contributed by atoms with van der Waals surface area (Å²) in [7, 11) is 0. The third-order valence-electron chi connectivity index (χ3n) is 2.64. The highest BCUT2D eigenvalue weighted by Crippen LogP contribution is 2.13. The van der Waals surface area contributed by atoms with Gasteiger partial charge >= 0.3 is 6.09 Å². The van der Waals surface area contributed by atoms with Crippen LogP contribution in [0.5, 0.6) is 0 Å². The Morgan fingerprint density at radius 1 is 1.50 bits per heavy atom. The summed E-state index contributed by atoms with van der Waals surface area (Å²) >= 11 is 0. The average molecular weight is 221 g/mol. The molecule has 1 aliphatic rings. The molecule has 1 amide bonds. The molecule has 2 rings (SSSR count). The molecule has 5 heteroatoms. The van der Waals surface area contributed by atoms with Gasteiger partial charge in [0.15, 0.2) is 0 Å². The number of carbonyl (C=O) groups excluding carboxylic acids is 1. The van der Waals surface area contributed by atoms with Gasteiger partial charge in [0.1, 0.15) is 0 Å². The van der Waals surface area contributed by atoms with Gasteiger partial charge in [-0.3, -0.25) is 4.98 Å². The van der Waals surface area contributed by atoms with Crippen LogP contribution in [0.2, 0.25) is 0 Å². The number of nitrogens with zero attached hydrogens (tertiary/aromatic N) is 2. The van der Waals surface area contributed by atoms with E-state index in [1.807, 2.05) is 12.1 Å². The van der Waals surface area contributed by atoms with Crippen molar-refractivity contribution >= 4 is 6.09 Å². The first-order valence-electron chi connectivity index (χ1n) is 5.30. The van der Waals surface area contributed by atoms with E-state index >= 15 is 0 Å². The van der Waals surface area contributed by atoms with Crippen molar-refractivity contribution in [1.29, 1.82) is 0 Å². The summed E-state index contributed by atoms with van der Waals surface area (Å²) in [5, 5.41) is 0. The van der Waals surface area contributed by atoms with E-state index < -0.39 is 0 Å². The topological polar surface area (TPSA) is 68.5 Å². The summed E-state index contributed by atoms with van der Waals surface area (Å²) in [4.78, 5) is 17.1. The van der Waals surface area contributed by atoms with Crippen molar-refractivity contribution in [2.75, 3.05) is 19.7 Å². The Balaban J connectivity index is 2.00. The normalized spacial score (nSPS) is 20.7. The van der Waals surface area contributed by atoms with Crippen LogP contribution < -0.4 is 5.73 Å². The fourth-order valence-electron chi connectivity index (χ4n) is 1.70. The summed E-state index contributed by atoms with van der Waals surface area (Å²) in [6.07, 6.45) is 3.16. The van der Waals surface area contributed by atoms with Crippen LogP contribution in [0.3, 0.4) is 0 Å². The molecule has 1 fully saturated rings. The van der Waals surface area contributed by atoms with Crippen LogP contribution in [0.25, 0.3) is 0 Å². The van der Waals surface area contributed by atoms with Crippen molar-refractivity contribution in [2.45, 2.75) is 6.54 Å². The quantitative estimate of drug-likeness (QED) is 0.812. The summed E-state index contributed by atoms with van der Waals surface area (Å²) in [5.41, 5.74) is 6.62. The monoisotopic (exact) mass is 221 g/mol. The molecule has 0 saturated carbocycles. The number of aromatic nitrogens is 1. The molecule has 0 aromatic carbocycles. The van der Waals surface area contributed by atoms with Crippen LogP contribution in [-0.4, -0.2) is 35.7 Å². The standard InChI is InChI=1S/C11H15N3O2/c12-5-10-7-14(11(15)16-8-10)6-9-1-3-13-4-2-9/h1-4,10H,5-8,12H2. The first-order chi connectivity index (χ1) is 7.79. The maximum absolute atomic E-state index is 11.5. The van der Waals surface area contributed by atoms with E-state index in [2.05, 4.69) is 4.98 Å². The molecule has 0 spiro atoms.